The number of carbonyl (C=O) groups excluding carboxylic acids is 1. The Morgan fingerprint density at radius 2 is 2.31 bits per heavy atom. The number of carbonyl (C=O) groups is 1. The van der Waals surface area contributed by atoms with Gasteiger partial charge in [0.2, 0.25) is 0 Å². The van der Waals surface area contributed by atoms with Crippen LogP contribution in [0.4, 0.5) is 10.5 Å². The molecule has 1 heterocycles. The summed E-state index contributed by atoms with van der Waals surface area (Å²) in [5.41, 5.74) is 1.47. The molecule has 4 nitrogen and oxygen atoms in total. The summed E-state index contributed by atoms with van der Waals surface area (Å²) >= 11 is 0. The van der Waals surface area contributed by atoms with Crippen LogP contribution in [0.25, 0.3) is 0 Å². The van der Waals surface area contributed by atoms with Gasteiger partial charge < -0.3 is 15.3 Å². The average Bonchev–Trinajstić information content (AvgIpc) is 2.09. The lowest BCUT2D eigenvalue weighted by Gasteiger charge is -2.26. The number of fused-ring (bicyclic) bond motifs is 1. The first-order valence-electron chi connectivity index (χ1n) is 4.01. The minimum absolute atomic E-state index is 0.141. The van der Waals surface area contributed by atoms with Crippen LogP contribution in [0.15, 0.2) is 18.2 Å². The number of anilines is 1. The summed E-state index contributed by atoms with van der Waals surface area (Å²) in [5, 5.41) is 12.2. The Bertz CT molecular complexity index is 363. The topological polar surface area (TPSA) is 52.6 Å². The van der Waals surface area contributed by atoms with Crippen LogP contribution < -0.4 is 5.32 Å². The van der Waals surface area contributed by atoms with Crippen LogP contribution in [0.1, 0.15) is 5.56 Å². The van der Waals surface area contributed by atoms with Gasteiger partial charge in [-0.1, -0.05) is 6.07 Å². The zero-order chi connectivity index (χ0) is 9.42. The quantitative estimate of drug-likeness (QED) is 0.630. The van der Waals surface area contributed by atoms with Crippen molar-refractivity contribution in [2.24, 2.45) is 0 Å². The van der Waals surface area contributed by atoms with E-state index in [1.54, 1.807) is 25.2 Å². The van der Waals surface area contributed by atoms with Gasteiger partial charge in [-0.15, -0.1) is 0 Å². The molecule has 0 unspecified atom stereocenters. The van der Waals surface area contributed by atoms with Crippen LogP contribution in [0.5, 0.6) is 5.75 Å². The van der Waals surface area contributed by atoms with E-state index in [2.05, 4.69) is 5.32 Å². The highest BCUT2D eigenvalue weighted by atomic mass is 16.3. The van der Waals surface area contributed by atoms with Crippen molar-refractivity contribution in [2.45, 2.75) is 6.54 Å². The van der Waals surface area contributed by atoms with Gasteiger partial charge in [0.05, 0.1) is 12.2 Å². The van der Waals surface area contributed by atoms with E-state index in [0.29, 0.717) is 12.2 Å². The zero-order valence-electron chi connectivity index (χ0n) is 7.24. The summed E-state index contributed by atoms with van der Waals surface area (Å²) < 4.78 is 0. The molecule has 0 radical (unpaired) electrons. The maximum Gasteiger partial charge on any atom is 0.321 e. The SMILES string of the molecule is CN1Cc2c(O)cccc2NC1=O. The van der Waals surface area contributed by atoms with E-state index in [1.807, 2.05) is 0 Å². The third kappa shape index (κ3) is 1.20. The van der Waals surface area contributed by atoms with Crippen molar-refractivity contribution in [3.8, 4) is 5.75 Å². The van der Waals surface area contributed by atoms with Gasteiger partial charge in [-0.2, -0.15) is 0 Å². The molecule has 13 heavy (non-hydrogen) atoms. The molecule has 4 heteroatoms. The maximum atomic E-state index is 11.2. The number of nitrogens with one attached hydrogen (secondary N) is 1. The standard InChI is InChI=1S/C9H10N2O2/c1-11-5-6-7(10-9(11)13)3-2-4-8(6)12/h2-4,12H,5H2,1H3,(H,10,13). The maximum absolute atomic E-state index is 11.2. The normalized spacial score (nSPS) is 15.2. The van der Waals surface area contributed by atoms with Gasteiger partial charge in [-0.25, -0.2) is 4.79 Å². The van der Waals surface area contributed by atoms with Crippen molar-refractivity contribution >= 4 is 11.7 Å². The fourth-order valence-corrected chi connectivity index (χ4v) is 1.38. The Hall–Kier alpha value is -1.71. The Morgan fingerprint density at radius 3 is 3.08 bits per heavy atom. The number of rotatable bonds is 0. The fourth-order valence-electron chi connectivity index (χ4n) is 1.38. The van der Waals surface area contributed by atoms with E-state index >= 15 is 0 Å². The highest BCUT2D eigenvalue weighted by Gasteiger charge is 2.20. The van der Waals surface area contributed by atoms with Crippen LogP contribution in [0, 0.1) is 0 Å². The summed E-state index contributed by atoms with van der Waals surface area (Å²) in [4.78, 5) is 12.7. The largest absolute Gasteiger partial charge is 0.508 e. The molecule has 2 rings (SSSR count). The van der Waals surface area contributed by atoms with Crippen molar-refractivity contribution in [3.05, 3.63) is 23.8 Å². The van der Waals surface area contributed by atoms with Crippen molar-refractivity contribution in [1.29, 1.82) is 0 Å². The summed E-state index contributed by atoms with van der Waals surface area (Å²) in [6.07, 6.45) is 0. The van der Waals surface area contributed by atoms with Crippen molar-refractivity contribution < 1.29 is 9.90 Å². The van der Waals surface area contributed by atoms with Gasteiger partial charge >= 0.3 is 6.03 Å². The molecule has 0 fully saturated rings. The number of phenolic OH excluding ortho intramolecular Hbond substituents is 1. The number of urea groups is 1. The fraction of sp³-hybridized carbons (Fsp3) is 0.222. The van der Waals surface area contributed by atoms with Crippen LogP contribution in [0.2, 0.25) is 0 Å². The predicted molar refractivity (Wildman–Crippen MR) is 48.6 cm³/mol. The monoisotopic (exact) mass is 178 g/mol. The first-order chi connectivity index (χ1) is 6.18. The molecule has 1 aromatic rings. The van der Waals surface area contributed by atoms with Gasteiger partial charge in [-0.3, -0.25) is 0 Å². The third-order valence-corrected chi connectivity index (χ3v) is 2.13. The zero-order valence-corrected chi connectivity index (χ0v) is 7.24. The van der Waals surface area contributed by atoms with E-state index < -0.39 is 0 Å². The lowest BCUT2D eigenvalue weighted by molar-refractivity contribution is 0.218. The number of aromatic hydroxyl groups is 1. The van der Waals surface area contributed by atoms with Crippen molar-refractivity contribution in [2.75, 3.05) is 12.4 Å². The van der Waals surface area contributed by atoms with Crippen LogP contribution in [-0.2, 0) is 6.54 Å². The number of phenols is 1. The Kier molecular flexibility index (Phi) is 1.62. The van der Waals surface area contributed by atoms with Crippen LogP contribution in [0.3, 0.4) is 0 Å². The number of hydrogen-bond acceptors (Lipinski definition) is 2. The molecule has 0 saturated carbocycles. The second kappa shape index (κ2) is 2.65. The first kappa shape index (κ1) is 7.91. The van der Waals surface area contributed by atoms with E-state index in [-0.39, 0.29) is 11.8 Å². The van der Waals surface area contributed by atoms with Gasteiger partial charge in [0, 0.05) is 12.6 Å². The van der Waals surface area contributed by atoms with Gasteiger partial charge in [0.15, 0.2) is 0 Å². The number of hydrogen-bond donors (Lipinski definition) is 2. The van der Waals surface area contributed by atoms with Crippen molar-refractivity contribution in [3.63, 3.8) is 0 Å². The van der Waals surface area contributed by atoms with Gasteiger partial charge in [0.1, 0.15) is 5.75 Å². The molecule has 0 aliphatic carbocycles. The molecule has 68 valence electrons. The number of nitrogens with zero attached hydrogens (tertiary/aromatic N) is 1. The average molecular weight is 178 g/mol. The first-order valence-corrected chi connectivity index (χ1v) is 4.01. The second-order valence-electron chi connectivity index (χ2n) is 3.09. The predicted octanol–water partition coefficient (Wildman–Crippen LogP) is 1.37. The highest BCUT2D eigenvalue weighted by molar-refractivity contribution is 5.92. The molecule has 0 atom stereocenters. The lowest BCUT2D eigenvalue weighted by atomic mass is 10.1. The molecule has 2 N–H and O–H groups in total. The van der Waals surface area contributed by atoms with E-state index in [1.165, 1.54) is 4.90 Å². The lowest BCUT2D eigenvalue weighted by Crippen LogP contribution is -2.35. The van der Waals surface area contributed by atoms with E-state index in [9.17, 15) is 9.90 Å². The summed E-state index contributed by atoms with van der Waals surface area (Å²) in [6.45, 7) is 0.452. The minimum atomic E-state index is -0.141. The molecule has 0 spiro atoms. The van der Waals surface area contributed by atoms with E-state index in [0.717, 1.165) is 5.56 Å². The second-order valence-corrected chi connectivity index (χ2v) is 3.09. The molecule has 1 aliphatic heterocycles. The minimum Gasteiger partial charge on any atom is -0.508 e. The van der Waals surface area contributed by atoms with E-state index in [4.69, 9.17) is 0 Å². The molecule has 0 bridgehead atoms. The number of amides is 2. The summed E-state index contributed by atoms with van der Waals surface area (Å²) in [7, 11) is 1.69. The van der Waals surface area contributed by atoms with Crippen LogP contribution in [-0.4, -0.2) is 23.1 Å². The Balaban J connectivity index is 2.48. The highest BCUT2D eigenvalue weighted by Crippen LogP contribution is 2.29. The molecule has 0 aromatic heterocycles. The molecule has 0 saturated heterocycles. The summed E-state index contributed by atoms with van der Waals surface area (Å²) in [6, 6.07) is 4.96. The Labute approximate surface area is 75.8 Å². The molecular weight excluding hydrogens is 168 g/mol. The van der Waals surface area contributed by atoms with Crippen molar-refractivity contribution in [1.82, 2.24) is 4.90 Å². The molecule has 2 amide bonds. The van der Waals surface area contributed by atoms with Gasteiger partial charge in [-0.05, 0) is 12.1 Å². The number of benzene rings is 1. The molecule has 1 aliphatic rings. The molecule has 1 aromatic carbocycles. The summed E-state index contributed by atoms with van der Waals surface area (Å²) in [5.74, 6) is 0.226. The third-order valence-electron chi connectivity index (χ3n) is 2.13. The van der Waals surface area contributed by atoms with Crippen LogP contribution >= 0.6 is 0 Å². The smallest absolute Gasteiger partial charge is 0.321 e. The Morgan fingerprint density at radius 1 is 1.54 bits per heavy atom. The van der Waals surface area contributed by atoms with Gasteiger partial charge in [0.25, 0.3) is 0 Å². The molecular formula is C9H10N2O2.